The molecule has 0 radical (unpaired) electrons. The second-order valence-corrected chi connectivity index (χ2v) is 13.5. The summed E-state index contributed by atoms with van der Waals surface area (Å²) in [6, 6.07) is 25.4. The molecule has 0 fully saturated rings. The number of carbonyl (C=O) groups excluding carboxylic acids is 5. The van der Waals surface area contributed by atoms with Gasteiger partial charge >= 0.3 is 17.9 Å². The van der Waals surface area contributed by atoms with E-state index >= 15 is 0 Å². The molecular formula is C38H40O10S2. The summed E-state index contributed by atoms with van der Waals surface area (Å²) in [5.41, 5.74) is 1.25. The van der Waals surface area contributed by atoms with Crippen molar-refractivity contribution in [1.29, 1.82) is 0 Å². The van der Waals surface area contributed by atoms with Crippen LogP contribution in [0.5, 0.6) is 0 Å². The zero-order chi connectivity index (χ0) is 35.7. The van der Waals surface area contributed by atoms with Crippen LogP contribution in [0.1, 0.15) is 78.7 Å². The molecule has 0 N–H and O–H groups in total. The standard InChI is InChI=1S/C38H40O10S2/c1-26(30-15-17-32(49-30)36(41)28-11-5-3-6-12-28)10-9-19-44-24-34(39)46-22-23-47-35(40)25-45-20-21-48-38(43)27(2)31-16-18-33(50-31)37(42)29-13-7-4-8-14-29/h3-8,11-18,26-27H,9-10,19-25H2,1-2H3/t26-,27+/m1/s1. The molecule has 2 aromatic heterocycles. The Bertz CT molecular complexity index is 1700. The number of rotatable bonds is 21. The van der Waals surface area contributed by atoms with Crippen LogP contribution in [-0.2, 0) is 38.1 Å². The SMILES string of the molecule is C[C@H](CCCOCC(=O)OCCOC(=O)COCCOC(=O)[C@@H](C)c1ccc(C(=O)c2ccccc2)s1)c1ccc(C(=O)c2ccccc2)s1. The highest BCUT2D eigenvalue weighted by molar-refractivity contribution is 7.14. The van der Waals surface area contributed by atoms with E-state index in [2.05, 4.69) is 6.92 Å². The van der Waals surface area contributed by atoms with Crippen LogP contribution in [0.25, 0.3) is 0 Å². The lowest BCUT2D eigenvalue weighted by molar-refractivity contribution is -0.158. The van der Waals surface area contributed by atoms with Crippen molar-refractivity contribution in [1.82, 2.24) is 0 Å². The van der Waals surface area contributed by atoms with E-state index in [4.69, 9.17) is 23.7 Å². The molecule has 2 aromatic carbocycles. The summed E-state index contributed by atoms with van der Waals surface area (Å²) in [4.78, 5) is 64.6. The largest absolute Gasteiger partial charge is 0.463 e. The first-order valence-electron chi connectivity index (χ1n) is 16.2. The molecule has 50 heavy (non-hydrogen) atoms. The minimum absolute atomic E-state index is 0.0108. The molecule has 0 unspecified atom stereocenters. The fourth-order valence-electron chi connectivity index (χ4n) is 4.69. The van der Waals surface area contributed by atoms with E-state index in [-0.39, 0.29) is 57.1 Å². The Hall–Kier alpha value is -4.49. The van der Waals surface area contributed by atoms with E-state index < -0.39 is 23.8 Å². The van der Waals surface area contributed by atoms with Crippen molar-refractivity contribution in [3.8, 4) is 0 Å². The zero-order valence-corrected chi connectivity index (χ0v) is 29.6. The molecule has 0 saturated carbocycles. The predicted octanol–water partition coefficient (Wildman–Crippen LogP) is 6.62. The molecule has 2 heterocycles. The molecule has 2 atom stereocenters. The summed E-state index contributed by atoms with van der Waals surface area (Å²) in [5.74, 6) is -2.09. The zero-order valence-electron chi connectivity index (χ0n) is 28.0. The normalized spacial score (nSPS) is 12.1. The smallest absolute Gasteiger partial charge is 0.332 e. The minimum atomic E-state index is -0.650. The second-order valence-electron chi connectivity index (χ2n) is 11.3. The summed E-state index contributed by atoms with van der Waals surface area (Å²) < 4.78 is 25.9. The highest BCUT2D eigenvalue weighted by atomic mass is 32.1. The Labute approximate surface area is 299 Å². The Balaban J connectivity index is 0.982. The Morgan fingerprint density at radius 1 is 0.560 bits per heavy atom. The predicted molar refractivity (Wildman–Crippen MR) is 189 cm³/mol. The Morgan fingerprint density at radius 2 is 1.04 bits per heavy atom. The molecule has 0 amide bonds. The van der Waals surface area contributed by atoms with Crippen LogP contribution >= 0.6 is 22.7 Å². The van der Waals surface area contributed by atoms with E-state index in [1.165, 1.54) is 22.7 Å². The molecule has 0 aliphatic carbocycles. The van der Waals surface area contributed by atoms with Gasteiger partial charge in [0.05, 0.1) is 22.3 Å². The van der Waals surface area contributed by atoms with Crippen molar-refractivity contribution in [2.45, 2.75) is 38.5 Å². The number of hydrogen-bond acceptors (Lipinski definition) is 12. The van der Waals surface area contributed by atoms with E-state index in [1.54, 1.807) is 43.3 Å². The number of benzene rings is 2. The lowest BCUT2D eigenvalue weighted by atomic mass is 10.0. The summed E-state index contributed by atoms with van der Waals surface area (Å²) in [6.45, 7) is 3.29. The maximum absolute atomic E-state index is 12.6. The molecule has 264 valence electrons. The Morgan fingerprint density at radius 3 is 1.60 bits per heavy atom. The number of hydrogen-bond donors (Lipinski definition) is 0. The highest BCUT2D eigenvalue weighted by Crippen LogP contribution is 2.30. The van der Waals surface area contributed by atoms with E-state index in [0.29, 0.717) is 32.4 Å². The third-order valence-electron chi connectivity index (χ3n) is 7.49. The quantitative estimate of drug-likeness (QED) is 0.0401. The maximum atomic E-state index is 12.6. The third-order valence-corrected chi connectivity index (χ3v) is 10.1. The van der Waals surface area contributed by atoms with Crippen molar-refractivity contribution in [2.75, 3.05) is 46.2 Å². The lowest BCUT2D eigenvalue weighted by Gasteiger charge is -2.11. The van der Waals surface area contributed by atoms with Crippen LogP contribution < -0.4 is 0 Å². The summed E-state index contributed by atoms with van der Waals surface area (Å²) >= 11 is 2.75. The van der Waals surface area contributed by atoms with Crippen molar-refractivity contribution in [3.05, 3.63) is 116 Å². The van der Waals surface area contributed by atoms with Crippen molar-refractivity contribution >= 4 is 52.1 Å². The van der Waals surface area contributed by atoms with Gasteiger partial charge in [-0.05, 0) is 49.9 Å². The molecule has 0 saturated heterocycles. The van der Waals surface area contributed by atoms with Crippen molar-refractivity contribution in [3.63, 3.8) is 0 Å². The molecule has 0 aliphatic heterocycles. The van der Waals surface area contributed by atoms with Crippen LogP contribution in [0.4, 0.5) is 0 Å². The summed E-state index contributed by atoms with van der Waals surface area (Å²) in [7, 11) is 0. The van der Waals surface area contributed by atoms with Gasteiger partial charge in [0.1, 0.15) is 33.0 Å². The van der Waals surface area contributed by atoms with Gasteiger partial charge in [0.25, 0.3) is 0 Å². The number of ether oxygens (including phenoxy) is 5. The number of thiophene rings is 2. The second kappa shape index (κ2) is 20.2. The Kier molecular flexibility index (Phi) is 15.5. The molecule has 10 nitrogen and oxygen atoms in total. The van der Waals surface area contributed by atoms with Crippen LogP contribution in [0.3, 0.4) is 0 Å². The van der Waals surface area contributed by atoms with Gasteiger partial charge in [-0.15, -0.1) is 22.7 Å². The van der Waals surface area contributed by atoms with Gasteiger partial charge in [-0.1, -0.05) is 67.6 Å². The molecule has 12 heteroatoms. The third kappa shape index (κ3) is 12.1. The molecule has 0 aliphatic rings. The van der Waals surface area contributed by atoms with Crippen LogP contribution in [0.15, 0.2) is 84.9 Å². The molecule has 0 spiro atoms. The van der Waals surface area contributed by atoms with Gasteiger partial charge in [-0.3, -0.25) is 14.4 Å². The summed E-state index contributed by atoms with van der Waals surface area (Å²) in [6.07, 6.45) is 1.57. The van der Waals surface area contributed by atoms with E-state index in [9.17, 15) is 24.0 Å². The average molecular weight is 721 g/mol. The molecular weight excluding hydrogens is 681 g/mol. The van der Waals surface area contributed by atoms with Crippen LogP contribution in [0, 0.1) is 0 Å². The molecule has 0 bridgehead atoms. The number of carbonyl (C=O) groups is 5. The van der Waals surface area contributed by atoms with Gasteiger partial charge < -0.3 is 23.7 Å². The van der Waals surface area contributed by atoms with E-state index in [0.717, 1.165) is 17.7 Å². The van der Waals surface area contributed by atoms with Gasteiger partial charge in [0.15, 0.2) is 0 Å². The number of ketones is 2. The van der Waals surface area contributed by atoms with Crippen molar-refractivity contribution < 1.29 is 47.7 Å². The average Bonchev–Trinajstić information content (AvgIpc) is 3.84. The fraction of sp³-hybridized carbons (Fsp3) is 0.342. The first-order chi connectivity index (χ1) is 24.2. The monoisotopic (exact) mass is 720 g/mol. The molecule has 4 rings (SSSR count). The van der Waals surface area contributed by atoms with Crippen LogP contribution in [-0.4, -0.2) is 75.7 Å². The molecule has 4 aromatic rings. The first-order valence-corrected chi connectivity index (χ1v) is 17.9. The fourth-order valence-corrected chi connectivity index (χ4v) is 6.76. The van der Waals surface area contributed by atoms with Gasteiger partial charge in [0, 0.05) is 27.5 Å². The minimum Gasteiger partial charge on any atom is -0.463 e. The first kappa shape index (κ1) is 38.3. The lowest BCUT2D eigenvalue weighted by Crippen LogP contribution is -2.21. The van der Waals surface area contributed by atoms with Gasteiger partial charge in [-0.25, -0.2) is 9.59 Å². The van der Waals surface area contributed by atoms with Crippen molar-refractivity contribution in [2.24, 2.45) is 0 Å². The summed E-state index contributed by atoms with van der Waals surface area (Å²) in [5, 5.41) is 0. The maximum Gasteiger partial charge on any atom is 0.332 e. The van der Waals surface area contributed by atoms with Gasteiger partial charge in [0.2, 0.25) is 11.6 Å². The highest BCUT2D eigenvalue weighted by Gasteiger charge is 2.21. The number of esters is 3. The van der Waals surface area contributed by atoms with Crippen LogP contribution in [0.2, 0.25) is 0 Å². The van der Waals surface area contributed by atoms with Gasteiger partial charge in [-0.2, -0.15) is 0 Å². The topological polar surface area (TPSA) is 132 Å². The van der Waals surface area contributed by atoms with E-state index in [1.807, 2.05) is 48.5 Å².